The Balaban J connectivity index is 2.89. The van der Waals surface area contributed by atoms with Crippen molar-refractivity contribution in [2.45, 2.75) is 130 Å². The Bertz CT molecular complexity index is 1290. The molecule has 2 fully saturated rings. The summed E-state index contributed by atoms with van der Waals surface area (Å²) < 4.78 is 55.4. The second-order valence-corrected chi connectivity index (χ2v) is 11.2. The summed E-state index contributed by atoms with van der Waals surface area (Å²) in [6.45, 7) is 8.43. The van der Waals surface area contributed by atoms with Crippen molar-refractivity contribution in [3.8, 4) is 0 Å². The Hall–Kier alpha value is -4.85. The molecule has 20 nitrogen and oxygen atoms in total. The van der Waals surface area contributed by atoms with Gasteiger partial charge in [-0.25, -0.2) is 0 Å². The molecule has 0 unspecified atom stereocenters. The van der Waals surface area contributed by atoms with Crippen molar-refractivity contribution in [3.05, 3.63) is 0 Å². The number of hydrogen-bond donors (Lipinski definition) is 1. The van der Waals surface area contributed by atoms with Gasteiger partial charge in [0, 0.05) is 62.3 Å². The van der Waals surface area contributed by atoms with E-state index in [0.29, 0.717) is 0 Å². The zero-order chi connectivity index (χ0) is 38.0. The summed E-state index contributed by atoms with van der Waals surface area (Å²) >= 11 is 0. The van der Waals surface area contributed by atoms with Crippen molar-refractivity contribution >= 4 is 53.7 Å². The van der Waals surface area contributed by atoms with E-state index in [9.17, 15) is 43.2 Å². The number of esters is 8. The standard InChI is InChI=1S/C30H41NO19/c1-11(32)31-21-23(43-14(4)35)22(42-13(3)34)20(10-41-12(2)33)49-30(21)50-29-27(47-18(8)39)25(45-16(6)37)24(44-15(5)36)26(46-17(7)38)28(29)48-19(9)40/h20-30H,10H2,1-9H3,(H,31,32)/t20-,21-,22+,23-,24?,25-,26-,27+,28+,29?,30-/m1/s1. The second kappa shape index (κ2) is 18.2. The van der Waals surface area contributed by atoms with E-state index in [1.165, 1.54) is 0 Å². The minimum atomic E-state index is -1.86. The Labute approximate surface area is 285 Å². The molecule has 20 heteroatoms. The van der Waals surface area contributed by atoms with Crippen molar-refractivity contribution in [1.29, 1.82) is 0 Å². The maximum absolute atomic E-state index is 12.5. The number of nitrogens with one attached hydrogen (secondary N) is 1. The van der Waals surface area contributed by atoms with E-state index in [1.54, 1.807) is 0 Å². The number of hydrogen-bond acceptors (Lipinski definition) is 19. The molecule has 0 bridgehead atoms. The molecule has 280 valence electrons. The van der Waals surface area contributed by atoms with Crippen molar-refractivity contribution in [3.63, 3.8) is 0 Å². The Kier molecular flexibility index (Phi) is 15.1. The Morgan fingerprint density at radius 3 is 1.08 bits per heavy atom. The molecule has 1 aliphatic carbocycles. The average molecular weight is 720 g/mol. The molecule has 1 saturated heterocycles. The van der Waals surface area contributed by atoms with Gasteiger partial charge in [-0.15, -0.1) is 0 Å². The van der Waals surface area contributed by atoms with Gasteiger partial charge in [0.1, 0.15) is 24.9 Å². The van der Waals surface area contributed by atoms with E-state index in [0.717, 1.165) is 62.3 Å². The summed E-state index contributed by atoms with van der Waals surface area (Å²) in [4.78, 5) is 111. The topological polar surface area (TPSA) is 258 Å². The summed E-state index contributed by atoms with van der Waals surface area (Å²) in [6, 6.07) is -1.57. The molecule has 50 heavy (non-hydrogen) atoms. The van der Waals surface area contributed by atoms with Gasteiger partial charge in [0.25, 0.3) is 0 Å². The second-order valence-electron chi connectivity index (χ2n) is 11.2. The fourth-order valence-electron chi connectivity index (χ4n) is 5.47. The van der Waals surface area contributed by atoms with E-state index in [-0.39, 0.29) is 0 Å². The fourth-order valence-corrected chi connectivity index (χ4v) is 5.47. The zero-order valence-corrected chi connectivity index (χ0v) is 28.8. The molecule has 1 heterocycles. The van der Waals surface area contributed by atoms with Crippen LogP contribution in [0.4, 0.5) is 0 Å². The molecule has 9 atom stereocenters. The highest BCUT2D eigenvalue weighted by Gasteiger charge is 2.62. The third-order valence-electron chi connectivity index (χ3n) is 6.82. The van der Waals surface area contributed by atoms with Crippen LogP contribution in [0.15, 0.2) is 0 Å². The number of carbonyl (C=O) groups is 9. The highest BCUT2D eigenvalue weighted by atomic mass is 16.7. The highest BCUT2D eigenvalue weighted by Crippen LogP contribution is 2.37. The van der Waals surface area contributed by atoms with Crippen LogP contribution in [0.1, 0.15) is 62.3 Å². The molecule has 2 rings (SSSR count). The average Bonchev–Trinajstić information content (AvgIpc) is 2.94. The van der Waals surface area contributed by atoms with Crippen LogP contribution in [0.5, 0.6) is 0 Å². The molecule has 0 aromatic carbocycles. The molecule has 1 aliphatic heterocycles. The lowest BCUT2D eigenvalue weighted by Crippen LogP contribution is -2.71. The van der Waals surface area contributed by atoms with Gasteiger partial charge in [-0.1, -0.05) is 0 Å². The molecule has 1 saturated carbocycles. The largest absolute Gasteiger partial charge is 0.463 e. The first-order valence-electron chi connectivity index (χ1n) is 15.1. The number of rotatable bonds is 12. The van der Waals surface area contributed by atoms with Gasteiger partial charge in [-0.2, -0.15) is 0 Å². The van der Waals surface area contributed by atoms with Gasteiger partial charge in [0.2, 0.25) is 5.91 Å². The van der Waals surface area contributed by atoms with Crippen LogP contribution in [-0.2, 0) is 90.5 Å². The molecule has 0 spiro atoms. The summed E-state index contributed by atoms with van der Waals surface area (Å²) in [5.41, 5.74) is 0. The zero-order valence-electron chi connectivity index (χ0n) is 28.8. The minimum absolute atomic E-state index is 0.621. The number of ether oxygens (including phenoxy) is 10. The third kappa shape index (κ3) is 11.9. The SMILES string of the molecule is CC(=O)N[C@H]1[C@@H](OC2[C@@H](OC(C)=O)[C@H](OC(C)=O)C(OC(C)=O)[C@@H](OC(C)=O)[C@@H]2OC(C)=O)O[C@H](COC(C)=O)[C@H](OC(C)=O)[C@@H]1OC(C)=O. The normalized spacial score (nSPS) is 30.3. The minimum Gasteiger partial charge on any atom is -0.463 e. The molecular formula is C30H41NO19. The van der Waals surface area contributed by atoms with Crippen LogP contribution < -0.4 is 5.32 Å². The molecule has 1 N–H and O–H groups in total. The lowest BCUT2D eigenvalue weighted by molar-refractivity contribution is -0.324. The predicted molar refractivity (Wildman–Crippen MR) is 157 cm³/mol. The lowest BCUT2D eigenvalue weighted by atomic mass is 9.83. The molecular weight excluding hydrogens is 678 g/mol. The summed E-state index contributed by atoms with van der Waals surface area (Å²) in [6.07, 6.45) is -17.3. The predicted octanol–water partition coefficient (Wildman–Crippen LogP) is -1.30. The smallest absolute Gasteiger partial charge is 0.303 e. The number of amides is 1. The molecule has 1 amide bonds. The van der Waals surface area contributed by atoms with Crippen LogP contribution in [0, 0.1) is 0 Å². The van der Waals surface area contributed by atoms with E-state index in [4.69, 9.17) is 47.4 Å². The van der Waals surface area contributed by atoms with Crippen molar-refractivity contribution in [2.24, 2.45) is 0 Å². The lowest BCUT2D eigenvalue weighted by Gasteiger charge is -2.50. The van der Waals surface area contributed by atoms with E-state index in [2.05, 4.69) is 5.32 Å². The summed E-state index contributed by atoms with van der Waals surface area (Å²) in [7, 11) is 0. The van der Waals surface area contributed by atoms with Crippen molar-refractivity contribution in [2.75, 3.05) is 6.61 Å². The molecule has 0 radical (unpaired) electrons. The monoisotopic (exact) mass is 719 g/mol. The van der Waals surface area contributed by atoms with Crippen LogP contribution in [0.2, 0.25) is 0 Å². The van der Waals surface area contributed by atoms with Gasteiger partial charge in [-0.05, 0) is 0 Å². The van der Waals surface area contributed by atoms with Gasteiger partial charge < -0.3 is 52.7 Å². The quantitative estimate of drug-likeness (QED) is 0.181. The first-order valence-corrected chi connectivity index (χ1v) is 15.1. The molecule has 2 aliphatic rings. The van der Waals surface area contributed by atoms with Crippen LogP contribution >= 0.6 is 0 Å². The first kappa shape index (κ1) is 41.3. The third-order valence-corrected chi connectivity index (χ3v) is 6.82. The van der Waals surface area contributed by atoms with E-state index < -0.39 is 128 Å². The van der Waals surface area contributed by atoms with Gasteiger partial charge in [0.05, 0.1) is 0 Å². The van der Waals surface area contributed by atoms with Crippen LogP contribution in [0.25, 0.3) is 0 Å². The van der Waals surface area contributed by atoms with E-state index in [1.807, 2.05) is 0 Å². The maximum Gasteiger partial charge on any atom is 0.303 e. The van der Waals surface area contributed by atoms with Crippen LogP contribution in [-0.4, -0.2) is 128 Å². The van der Waals surface area contributed by atoms with Gasteiger partial charge in [0.15, 0.2) is 49.0 Å². The first-order chi connectivity index (χ1) is 23.2. The molecule has 0 aromatic rings. The van der Waals surface area contributed by atoms with Crippen LogP contribution in [0.3, 0.4) is 0 Å². The van der Waals surface area contributed by atoms with Gasteiger partial charge >= 0.3 is 47.8 Å². The maximum atomic E-state index is 12.5. The van der Waals surface area contributed by atoms with Crippen molar-refractivity contribution < 1.29 is 90.5 Å². The summed E-state index contributed by atoms with van der Waals surface area (Å²) in [5, 5.41) is 2.48. The number of carbonyl (C=O) groups excluding carboxylic acids is 9. The Morgan fingerprint density at radius 1 is 0.440 bits per heavy atom. The summed E-state index contributed by atoms with van der Waals surface area (Å²) in [5.74, 6) is -8.28. The Morgan fingerprint density at radius 2 is 0.760 bits per heavy atom. The molecule has 0 aromatic heterocycles. The fraction of sp³-hybridized carbons (Fsp3) is 0.700. The highest BCUT2D eigenvalue weighted by molar-refractivity contribution is 5.74. The van der Waals surface area contributed by atoms with E-state index >= 15 is 0 Å². The van der Waals surface area contributed by atoms with Gasteiger partial charge in [-0.3, -0.25) is 43.2 Å². The van der Waals surface area contributed by atoms with Crippen molar-refractivity contribution in [1.82, 2.24) is 5.32 Å².